The zero-order chi connectivity index (χ0) is 22.4. The first-order valence-electron chi connectivity index (χ1n) is 9.43. The molecule has 0 radical (unpaired) electrons. The Kier molecular flexibility index (Phi) is 5.50. The maximum absolute atomic E-state index is 13.7. The molecule has 31 heavy (non-hydrogen) atoms. The molecule has 0 aromatic heterocycles. The predicted octanol–water partition coefficient (Wildman–Crippen LogP) is 5.32. The molecule has 5 nitrogen and oxygen atoms in total. The van der Waals surface area contributed by atoms with Gasteiger partial charge in [-0.05, 0) is 73.2 Å². The van der Waals surface area contributed by atoms with Crippen LogP contribution in [0.4, 0.5) is 5.69 Å². The number of ether oxygens (including phenoxy) is 1. The molecule has 1 saturated heterocycles. The van der Waals surface area contributed by atoms with E-state index in [-0.39, 0.29) is 4.90 Å². The molecule has 2 atom stereocenters. The fourth-order valence-electron chi connectivity index (χ4n) is 3.90. The van der Waals surface area contributed by atoms with E-state index in [2.05, 4.69) is 0 Å². The number of halogens is 2. The van der Waals surface area contributed by atoms with Gasteiger partial charge in [-0.1, -0.05) is 35.3 Å². The molecule has 8 heteroatoms. The summed E-state index contributed by atoms with van der Waals surface area (Å²) in [6.07, 6.45) is 0. The highest BCUT2D eigenvalue weighted by Gasteiger charge is 2.66. The number of hydrogen-bond acceptors (Lipinski definition) is 4. The van der Waals surface area contributed by atoms with Crippen molar-refractivity contribution in [3.05, 3.63) is 88.4 Å². The van der Waals surface area contributed by atoms with Gasteiger partial charge in [0, 0.05) is 15.7 Å². The number of carbonyl (C=O) groups excluding carboxylic acids is 1. The molecule has 3 aromatic rings. The molecule has 4 rings (SSSR count). The second kappa shape index (κ2) is 7.86. The Morgan fingerprint density at radius 1 is 0.871 bits per heavy atom. The fraction of sp³-hybridized carbons (Fsp3) is 0.174. The second-order valence-electron chi connectivity index (χ2n) is 7.39. The Bertz CT molecular complexity index is 1230. The number of benzene rings is 3. The minimum Gasteiger partial charge on any atom is -0.497 e. The third-order valence-corrected chi connectivity index (χ3v) is 8.55. The van der Waals surface area contributed by atoms with Gasteiger partial charge in [0.2, 0.25) is 0 Å². The summed E-state index contributed by atoms with van der Waals surface area (Å²) in [5.74, 6) is 0.0201. The molecule has 0 N–H and O–H groups in total. The van der Waals surface area contributed by atoms with Gasteiger partial charge >= 0.3 is 0 Å². The fourth-order valence-corrected chi connectivity index (χ4v) is 6.00. The van der Waals surface area contributed by atoms with Crippen molar-refractivity contribution >= 4 is 44.6 Å². The van der Waals surface area contributed by atoms with Crippen LogP contribution in [0, 0.1) is 0 Å². The summed E-state index contributed by atoms with van der Waals surface area (Å²) < 4.78 is 30.8. The minimum atomic E-state index is -4.04. The van der Waals surface area contributed by atoms with Crippen LogP contribution in [-0.2, 0) is 14.6 Å². The van der Waals surface area contributed by atoms with Crippen LogP contribution in [0.25, 0.3) is 0 Å². The summed E-state index contributed by atoms with van der Waals surface area (Å²) in [5, 5.41) is 1.04. The van der Waals surface area contributed by atoms with Crippen LogP contribution in [0.2, 0.25) is 10.0 Å². The summed E-state index contributed by atoms with van der Waals surface area (Å²) in [6, 6.07) is 18.9. The Morgan fingerprint density at radius 3 is 1.90 bits per heavy atom. The standard InChI is InChI=1S/C23H19Cl2NO4S/c1-23(31(28,29)20-13-11-19(30-2)12-14-20)21(15-3-5-16(24)6-4-15)26(22(23)27)18-9-7-17(25)8-10-18/h3-14,21H,1-2H3. The van der Waals surface area contributed by atoms with Gasteiger partial charge in [0.25, 0.3) is 5.91 Å². The topological polar surface area (TPSA) is 63.7 Å². The van der Waals surface area contributed by atoms with E-state index in [0.29, 0.717) is 27.0 Å². The number of nitrogens with zero attached hydrogens (tertiary/aromatic N) is 1. The maximum Gasteiger partial charge on any atom is 0.251 e. The van der Waals surface area contributed by atoms with Crippen LogP contribution in [0.1, 0.15) is 18.5 Å². The predicted molar refractivity (Wildman–Crippen MR) is 122 cm³/mol. The summed E-state index contributed by atoms with van der Waals surface area (Å²) in [6.45, 7) is 1.47. The first kappa shape index (κ1) is 21.7. The van der Waals surface area contributed by atoms with Gasteiger partial charge in [-0.25, -0.2) is 8.42 Å². The minimum absolute atomic E-state index is 0.0545. The lowest BCUT2D eigenvalue weighted by atomic mass is 9.82. The molecule has 0 saturated carbocycles. The zero-order valence-electron chi connectivity index (χ0n) is 16.7. The number of carbonyl (C=O) groups is 1. The van der Waals surface area contributed by atoms with Gasteiger partial charge < -0.3 is 9.64 Å². The van der Waals surface area contributed by atoms with Crippen molar-refractivity contribution in [3.8, 4) is 5.75 Å². The van der Waals surface area contributed by atoms with Gasteiger partial charge in [-0.3, -0.25) is 4.79 Å². The smallest absolute Gasteiger partial charge is 0.251 e. The average Bonchev–Trinajstić information content (AvgIpc) is 2.78. The molecular weight excluding hydrogens is 457 g/mol. The second-order valence-corrected chi connectivity index (χ2v) is 10.6. The van der Waals surface area contributed by atoms with Gasteiger partial charge in [-0.2, -0.15) is 0 Å². The Labute approximate surface area is 191 Å². The van der Waals surface area contributed by atoms with Crippen LogP contribution in [-0.4, -0.2) is 26.2 Å². The molecule has 160 valence electrons. The van der Waals surface area contributed by atoms with Gasteiger partial charge in [0.05, 0.1) is 18.0 Å². The van der Waals surface area contributed by atoms with Crippen LogP contribution in [0.15, 0.2) is 77.7 Å². The molecule has 0 aliphatic carbocycles. The molecule has 2 unspecified atom stereocenters. The highest BCUT2D eigenvalue weighted by molar-refractivity contribution is 7.93. The number of hydrogen-bond donors (Lipinski definition) is 0. The summed E-state index contributed by atoms with van der Waals surface area (Å²) in [4.78, 5) is 15.0. The van der Waals surface area contributed by atoms with Crippen molar-refractivity contribution in [3.63, 3.8) is 0 Å². The molecule has 1 aliphatic rings. The van der Waals surface area contributed by atoms with Gasteiger partial charge in [0.1, 0.15) is 5.75 Å². The molecule has 3 aromatic carbocycles. The highest BCUT2D eigenvalue weighted by atomic mass is 35.5. The van der Waals surface area contributed by atoms with Gasteiger partial charge in [-0.15, -0.1) is 0 Å². The SMILES string of the molecule is COc1ccc(S(=O)(=O)C2(C)C(=O)N(c3ccc(Cl)cc3)C2c2ccc(Cl)cc2)cc1. The van der Waals surface area contributed by atoms with Gasteiger partial charge in [0.15, 0.2) is 14.6 Å². The Hall–Kier alpha value is -2.54. The summed E-state index contributed by atoms with van der Waals surface area (Å²) in [5.41, 5.74) is 1.23. The van der Waals surface area contributed by atoms with E-state index in [0.717, 1.165) is 0 Å². The first-order valence-corrected chi connectivity index (χ1v) is 11.7. The van der Waals surface area contributed by atoms with E-state index in [1.807, 2.05) is 0 Å². The monoisotopic (exact) mass is 475 g/mol. The van der Waals surface area contributed by atoms with E-state index in [1.54, 1.807) is 60.7 Å². The zero-order valence-corrected chi connectivity index (χ0v) is 19.1. The van der Waals surface area contributed by atoms with Crippen LogP contribution < -0.4 is 9.64 Å². The highest BCUT2D eigenvalue weighted by Crippen LogP contribution is 2.52. The van der Waals surface area contributed by atoms with E-state index in [1.165, 1.54) is 31.1 Å². The quantitative estimate of drug-likeness (QED) is 0.468. The third-order valence-electron chi connectivity index (χ3n) is 5.64. The first-order chi connectivity index (χ1) is 14.7. The van der Waals surface area contributed by atoms with Crippen LogP contribution in [0.3, 0.4) is 0 Å². The van der Waals surface area contributed by atoms with E-state index in [4.69, 9.17) is 27.9 Å². The van der Waals surface area contributed by atoms with Crippen molar-refractivity contribution < 1.29 is 17.9 Å². The van der Waals surface area contributed by atoms with E-state index < -0.39 is 26.5 Å². The number of sulfone groups is 1. The molecule has 1 fully saturated rings. The van der Waals surface area contributed by atoms with Crippen molar-refractivity contribution in [2.24, 2.45) is 0 Å². The molecule has 1 aliphatic heterocycles. The maximum atomic E-state index is 13.7. The number of amides is 1. The molecule has 1 amide bonds. The summed E-state index contributed by atoms with van der Waals surface area (Å²) in [7, 11) is -2.54. The van der Waals surface area contributed by atoms with Crippen molar-refractivity contribution in [1.29, 1.82) is 0 Å². The van der Waals surface area contributed by atoms with E-state index >= 15 is 0 Å². The third kappa shape index (κ3) is 3.39. The largest absolute Gasteiger partial charge is 0.497 e. The van der Waals surface area contributed by atoms with Crippen molar-refractivity contribution in [2.45, 2.75) is 22.6 Å². The Morgan fingerprint density at radius 2 is 1.39 bits per heavy atom. The average molecular weight is 476 g/mol. The Balaban J connectivity index is 1.85. The lowest BCUT2D eigenvalue weighted by molar-refractivity contribution is -0.127. The molecule has 0 spiro atoms. The normalized spacial score (nSPS) is 21.0. The van der Waals surface area contributed by atoms with Crippen molar-refractivity contribution in [2.75, 3.05) is 12.0 Å². The summed E-state index contributed by atoms with van der Waals surface area (Å²) >= 11 is 12.0. The number of β-lactam (4-membered cyclic amide) rings is 1. The van der Waals surface area contributed by atoms with E-state index in [9.17, 15) is 13.2 Å². The number of methoxy groups -OCH3 is 1. The van der Waals surface area contributed by atoms with Crippen LogP contribution >= 0.6 is 23.2 Å². The molecular formula is C23H19Cl2NO4S. The lowest BCUT2D eigenvalue weighted by Gasteiger charge is -2.53. The van der Waals surface area contributed by atoms with Crippen LogP contribution in [0.5, 0.6) is 5.75 Å². The number of rotatable bonds is 5. The van der Waals surface area contributed by atoms with Crippen molar-refractivity contribution in [1.82, 2.24) is 0 Å². The molecule has 1 heterocycles. The number of anilines is 1. The molecule has 0 bridgehead atoms. The lowest BCUT2D eigenvalue weighted by Crippen LogP contribution is -2.70.